The van der Waals surface area contributed by atoms with Crippen LogP contribution in [-0.2, 0) is 10.0 Å². The van der Waals surface area contributed by atoms with Gasteiger partial charge in [-0.25, -0.2) is 13.1 Å². The molecule has 1 aliphatic rings. The van der Waals surface area contributed by atoms with Gasteiger partial charge in [0.1, 0.15) is 13.2 Å². The van der Waals surface area contributed by atoms with Crippen molar-refractivity contribution in [2.45, 2.75) is 24.7 Å². The van der Waals surface area contributed by atoms with Crippen LogP contribution in [0.15, 0.2) is 23.1 Å². The van der Waals surface area contributed by atoms with Gasteiger partial charge in [-0.05, 0) is 24.5 Å². The Kier molecular flexibility index (Phi) is 5.44. The summed E-state index contributed by atoms with van der Waals surface area (Å²) in [5, 5.41) is 8.94. The number of aliphatic hydroxyl groups is 1. The normalized spacial score (nSPS) is 15.7. The molecule has 1 aromatic carbocycles. The van der Waals surface area contributed by atoms with Crippen molar-refractivity contribution in [3.63, 3.8) is 0 Å². The van der Waals surface area contributed by atoms with Gasteiger partial charge in [-0.15, -0.1) is 0 Å². The molecule has 0 saturated heterocycles. The highest BCUT2D eigenvalue weighted by atomic mass is 32.2. The van der Waals surface area contributed by atoms with Gasteiger partial charge in [0, 0.05) is 19.2 Å². The van der Waals surface area contributed by atoms with Gasteiger partial charge in [0.25, 0.3) is 0 Å². The molecule has 1 atom stereocenters. The molecule has 0 spiro atoms. The summed E-state index contributed by atoms with van der Waals surface area (Å²) < 4.78 is 37.9. The molecule has 0 aliphatic carbocycles. The Balaban J connectivity index is 2.08. The summed E-state index contributed by atoms with van der Waals surface area (Å²) in [5.74, 6) is 1.14. The maximum Gasteiger partial charge on any atom is 0.240 e. The highest BCUT2D eigenvalue weighted by molar-refractivity contribution is 7.89. The summed E-state index contributed by atoms with van der Waals surface area (Å²) in [6.07, 6.45) is 1.39. The van der Waals surface area contributed by atoms with Crippen molar-refractivity contribution in [2.24, 2.45) is 5.92 Å². The Morgan fingerprint density at radius 2 is 2.00 bits per heavy atom. The molecule has 21 heavy (non-hydrogen) atoms. The zero-order valence-corrected chi connectivity index (χ0v) is 12.9. The lowest BCUT2D eigenvalue weighted by molar-refractivity contribution is 0.171. The van der Waals surface area contributed by atoms with Crippen molar-refractivity contribution in [3.05, 3.63) is 18.2 Å². The highest BCUT2D eigenvalue weighted by Crippen LogP contribution is 2.32. The average Bonchev–Trinajstić information content (AvgIpc) is 2.51. The fraction of sp³-hybridized carbons (Fsp3) is 0.571. The number of benzene rings is 1. The Morgan fingerprint density at radius 3 is 2.67 bits per heavy atom. The van der Waals surface area contributed by atoms with Crippen LogP contribution in [0.5, 0.6) is 11.5 Å². The van der Waals surface area contributed by atoms with Crippen molar-refractivity contribution < 1.29 is 23.0 Å². The monoisotopic (exact) mass is 315 g/mol. The van der Waals surface area contributed by atoms with Crippen molar-refractivity contribution in [1.29, 1.82) is 0 Å². The van der Waals surface area contributed by atoms with E-state index in [-0.39, 0.29) is 17.4 Å². The number of sulfonamides is 1. The number of nitrogens with one attached hydrogen (secondary N) is 1. The van der Waals surface area contributed by atoms with E-state index in [9.17, 15) is 8.42 Å². The smallest absolute Gasteiger partial charge is 0.240 e. The van der Waals surface area contributed by atoms with E-state index in [1.807, 2.05) is 6.92 Å². The Morgan fingerprint density at radius 1 is 1.29 bits per heavy atom. The van der Waals surface area contributed by atoms with Crippen LogP contribution in [-0.4, -0.2) is 39.9 Å². The number of ether oxygens (including phenoxy) is 2. The summed E-state index contributed by atoms with van der Waals surface area (Å²) in [5.41, 5.74) is 0. The van der Waals surface area contributed by atoms with Crippen LogP contribution in [0.1, 0.15) is 19.8 Å². The average molecular weight is 315 g/mol. The van der Waals surface area contributed by atoms with Crippen LogP contribution < -0.4 is 14.2 Å². The van der Waals surface area contributed by atoms with Gasteiger partial charge in [0.2, 0.25) is 10.0 Å². The van der Waals surface area contributed by atoms with Gasteiger partial charge in [0.15, 0.2) is 11.5 Å². The minimum Gasteiger partial charge on any atom is -0.486 e. The summed E-state index contributed by atoms with van der Waals surface area (Å²) in [6, 6.07) is 4.58. The number of hydrogen-bond donors (Lipinski definition) is 2. The van der Waals surface area contributed by atoms with Gasteiger partial charge in [-0.1, -0.05) is 13.3 Å². The van der Waals surface area contributed by atoms with E-state index < -0.39 is 10.0 Å². The van der Waals surface area contributed by atoms with Crippen molar-refractivity contribution in [1.82, 2.24) is 4.72 Å². The first-order chi connectivity index (χ1) is 10.1. The molecular formula is C14H21NO5S. The second-order valence-electron chi connectivity index (χ2n) is 4.94. The van der Waals surface area contributed by atoms with Crippen LogP contribution in [0.2, 0.25) is 0 Å². The predicted molar refractivity (Wildman–Crippen MR) is 78.1 cm³/mol. The summed E-state index contributed by atoms with van der Waals surface area (Å²) in [6.45, 7) is 3.23. The summed E-state index contributed by atoms with van der Waals surface area (Å²) in [4.78, 5) is 0.158. The van der Waals surface area contributed by atoms with E-state index in [1.165, 1.54) is 12.1 Å². The lowest BCUT2D eigenvalue weighted by Gasteiger charge is -2.19. The van der Waals surface area contributed by atoms with Crippen LogP contribution in [0.3, 0.4) is 0 Å². The second-order valence-corrected chi connectivity index (χ2v) is 6.71. The highest BCUT2D eigenvalue weighted by Gasteiger charge is 2.20. The van der Waals surface area contributed by atoms with Gasteiger partial charge < -0.3 is 14.6 Å². The molecule has 1 aliphatic heterocycles. The fourth-order valence-corrected chi connectivity index (χ4v) is 3.27. The first-order valence-electron chi connectivity index (χ1n) is 7.07. The van der Waals surface area contributed by atoms with Crippen LogP contribution in [0.4, 0.5) is 0 Å². The molecule has 0 amide bonds. The van der Waals surface area contributed by atoms with E-state index in [4.69, 9.17) is 14.6 Å². The molecule has 0 saturated carbocycles. The summed E-state index contributed by atoms with van der Waals surface area (Å²) >= 11 is 0. The lowest BCUT2D eigenvalue weighted by Crippen LogP contribution is -2.29. The van der Waals surface area contributed by atoms with Gasteiger partial charge in [-0.2, -0.15) is 0 Å². The molecule has 2 N–H and O–H groups in total. The second kappa shape index (κ2) is 7.11. The molecule has 118 valence electrons. The topological polar surface area (TPSA) is 84.9 Å². The maximum absolute atomic E-state index is 12.3. The Labute approximate surface area is 125 Å². The molecule has 0 radical (unpaired) electrons. The molecule has 0 aromatic heterocycles. The number of fused-ring (bicyclic) bond motifs is 1. The third-order valence-electron chi connectivity index (χ3n) is 3.50. The molecule has 6 nitrogen and oxygen atoms in total. The molecular weight excluding hydrogens is 294 g/mol. The quantitative estimate of drug-likeness (QED) is 0.788. The molecule has 2 rings (SSSR count). The molecule has 7 heteroatoms. The number of rotatable bonds is 7. The zero-order valence-electron chi connectivity index (χ0n) is 12.0. The van der Waals surface area contributed by atoms with Gasteiger partial charge in [-0.3, -0.25) is 0 Å². The Hall–Kier alpha value is -1.31. The van der Waals surface area contributed by atoms with Crippen LogP contribution in [0.25, 0.3) is 0 Å². The third-order valence-corrected chi connectivity index (χ3v) is 4.92. The first kappa shape index (κ1) is 16.1. The van der Waals surface area contributed by atoms with E-state index >= 15 is 0 Å². The van der Waals surface area contributed by atoms with E-state index in [0.29, 0.717) is 37.7 Å². The van der Waals surface area contributed by atoms with Crippen LogP contribution >= 0.6 is 0 Å². The minimum atomic E-state index is -3.58. The van der Waals surface area contributed by atoms with Crippen molar-refractivity contribution in [3.8, 4) is 11.5 Å². The van der Waals surface area contributed by atoms with E-state index in [2.05, 4.69) is 4.72 Å². The lowest BCUT2D eigenvalue weighted by atomic mass is 10.0. The number of aliphatic hydroxyl groups excluding tert-OH is 1. The minimum absolute atomic E-state index is 0.0598. The third kappa shape index (κ3) is 4.09. The number of hydrogen-bond acceptors (Lipinski definition) is 5. The predicted octanol–water partition coefficient (Wildman–Crippen LogP) is 1.14. The fourth-order valence-electron chi connectivity index (χ4n) is 2.13. The zero-order chi connectivity index (χ0) is 15.3. The SMILES string of the molecule is CCC(CCO)CNS(=O)(=O)c1ccc2c(c1)OCCO2. The van der Waals surface area contributed by atoms with Crippen molar-refractivity contribution >= 4 is 10.0 Å². The Bertz CT molecular complexity index is 573. The van der Waals surface area contributed by atoms with E-state index in [0.717, 1.165) is 6.42 Å². The molecule has 0 fully saturated rings. The molecule has 1 heterocycles. The van der Waals surface area contributed by atoms with Crippen LogP contribution in [0, 0.1) is 5.92 Å². The molecule has 1 aromatic rings. The first-order valence-corrected chi connectivity index (χ1v) is 8.55. The van der Waals surface area contributed by atoms with Gasteiger partial charge >= 0.3 is 0 Å². The standard InChI is InChI=1S/C14H21NO5S/c1-2-11(5-6-16)10-15-21(17,18)12-3-4-13-14(9-12)20-8-7-19-13/h3-4,9,11,15-16H,2,5-8,10H2,1H3. The summed E-state index contributed by atoms with van der Waals surface area (Å²) in [7, 11) is -3.58. The maximum atomic E-state index is 12.3. The van der Waals surface area contributed by atoms with E-state index in [1.54, 1.807) is 6.07 Å². The molecule has 1 unspecified atom stereocenters. The van der Waals surface area contributed by atoms with Crippen molar-refractivity contribution in [2.75, 3.05) is 26.4 Å². The largest absolute Gasteiger partial charge is 0.486 e. The molecule has 0 bridgehead atoms. The van der Waals surface area contributed by atoms with Gasteiger partial charge in [0.05, 0.1) is 4.90 Å².